The molecule has 0 spiro atoms. The lowest BCUT2D eigenvalue weighted by molar-refractivity contribution is -0.132. The van der Waals surface area contributed by atoms with Crippen molar-refractivity contribution in [3.8, 4) is 0 Å². The summed E-state index contributed by atoms with van der Waals surface area (Å²) < 4.78 is 0. The molecule has 0 unspecified atom stereocenters. The third kappa shape index (κ3) is 8.78. The number of piperazine rings is 1. The average molecular weight is 499 g/mol. The van der Waals surface area contributed by atoms with E-state index in [9.17, 15) is 9.59 Å². The zero-order valence-corrected chi connectivity index (χ0v) is 20.4. The number of halogens is 2. The molecule has 0 aliphatic carbocycles. The first-order valence-electron chi connectivity index (χ1n) is 11.1. The van der Waals surface area contributed by atoms with Crippen LogP contribution in [0.3, 0.4) is 0 Å². The second-order valence-corrected chi connectivity index (χ2v) is 8.82. The van der Waals surface area contributed by atoms with Crippen molar-refractivity contribution in [3.63, 3.8) is 0 Å². The quantitative estimate of drug-likeness (QED) is 0.495. The molecule has 1 aliphatic rings. The Morgan fingerprint density at radius 2 is 1.50 bits per heavy atom. The van der Waals surface area contributed by atoms with Gasteiger partial charge in [0.05, 0.1) is 6.42 Å². The van der Waals surface area contributed by atoms with Crippen molar-refractivity contribution in [2.24, 2.45) is 0 Å². The van der Waals surface area contributed by atoms with Gasteiger partial charge in [0.1, 0.15) is 0 Å². The Labute approximate surface area is 210 Å². The summed E-state index contributed by atoms with van der Waals surface area (Å²) in [4.78, 5) is 30.6. The van der Waals surface area contributed by atoms with Gasteiger partial charge in [-0.25, -0.2) is 0 Å². The van der Waals surface area contributed by atoms with E-state index in [2.05, 4.69) is 21.3 Å². The molecule has 1 N–H and O–H groups in total. The molecule has 1 aliphatic heterocycles. The summed E-state index contributed by atoms with van der Waals surface area (Å²) in [6.45, 7) is 4.77. The highest BCUT2D eigenvalue weighted by Crippen LogP contribution is 2.14. The van der Waals surface area contributed by atoms with Crippen LogP contribution in [0.5, 0.6) is 0 Å². The number of pyridine rings is 1. The Morgan fingerprint density at radius 1 is 0.882 bits per heavy atom. The van der Waals surface area contributed by atoms with E-state index in [0.29, 0.717) is 24.4 Å². The largest absolute Gasteiger partial charge is 0.355 e. The van der Waals surface area contributed by atoms with Gasteiger partial charge in [0.2, 0.25) is 12.3 Å². The van der Waals surface area contributed by atoms with E-state index in [-0.39, 0.29) is 5.91 Å². The van der Waals surface area contributed by atoms with Crippen LogP contribution >= 0.6 is 23.2 Å². The van der Waals surface area contributed by atoms with Crippen LogP contribution in [0.25, 0.3) is 0 Å². The predicted molar refractivity (Wildman–Crippen MR) is 136 cm³/mol. The lowest BCUT2D eigenvalue weighted by Crippen LogP contribution is -2.48. The van der Waals surface area contributed by atoms with Crippen molar-refractivity contribution in [2.45, 2.75) is 19.5 Å². The van der Waals surface area contributed by atoms with Crippen molar-refractivity contribution in [2.75, 3.05) is 26.2 Å². The van der Waals surface area contributed by atoms with E-state index >= 15 is 0 Å². The predicted octanol–water partition coefficient (Wildman–Crippen LogP) is 4.21. The monoisotopic (exact) mass is 498 g/mol. The molecule has 0 bridgehead atoms. The number of nitrogens with zero attached hydrogens (tertiary/aromatic N) is 3. The summed E-state index contributed by atoms with van der Waals surface area (Å²) in [5.41, 5.74) is 3.24. The number of nitrogens with one attached hydrogen (secondary N) is 1. The zero-order valence-electron chi connectivity index (χ0n) is 18.9. The number of carbonyl (C=O) groups excluding carboxylic acids is 2. The molecular formula is C26H28Cl2N4O2. The summed E-state index contributed by atoms with van der Waals surface area (Å²) >= 11 is 11.7. The minimum atomic E-state index is 0.193. The maximum absolute atomic E-state index is 12.3. The fourth-order valence-electron chi connectivity index (χ4n) is 3.64. The third-order valence-electron chi connectivity index (χ3n) is 5.40. The van der Waals surface area contributed by atoms with E-state index in [1.165, 1.54) is 5.56 Å². The van der Waals surface area contributed by atoms with E-state index in [4.69, 9.17) is 23.2 Å². The number of hydrogen-bond donors (Lipinski definition) is 1. The molecule has 6 nitrogen and oxygen atoms in total. The summed E-state index contributed by atoms with van der Waals surface area (Å²) in [7, 11) is 0. The van der Waals surface area contributed by atoms with E-state index in [1.807, 2.05) is 53.4 Å². The summed E-state index contributed by atoms with van der Waals surface area (Å²) in [5, 5.41) is 4.01. The normalized spacial score (nSPS) is 13.5. The van der Waals surface area contributed by atoms with Crippen LogP contribution in [0.1, 0.15) is 16.7 Å². The summed E-state index contributed by atoms with van der Waals surface area (Å²) in [5.74, 6) is 0.193. The Morgan fingerprint density at radius 3 is 2.12 bits per heavy atom. The average Bonchev–Trinajstić information content (AvgIpc) is 2.84. The lowest BCUT2D eigenvalue weighted by atomic mass is 10.1. The number of aromatic nitrogens is 1. The molecule has 2 heterocycles. The van der Waals surface area contributed by atoms with Gasteiger partial charge in [-0.05, 0) is 53.1 Å². The van der Waals surface area contributed by atoms with E-state index < -0.39 is 0 Å². The lowest BCUT2D eigenvalue weighted by Gasteiger charge is -2.34. The van der Waals surface area contributed by atoms with Crippen molar-refractivity contribution in [1.29, 1.82) is 0 Å². The molecule has 34 heavy (non-hydrogen) atoms. The highest BCUT2D eigenvalue weighted by atomic mass is 35.5. The van der Waals surface area contributed by atoms with Gasteiger partial charge >= 0.3 is 0 Å². The molecule has 0 saturated carbocycles. The second-order valence-electron chi connectivity index (χ2n) is 7.95. The Kier molecular flexibility index (Phi) is 10.3. The molecule has 8 heteroatoms. The van der Waals surface area contributed by atoms with Crippen molar-refractivity contribution in [1.82, 2.24) is 20.1 Å². The Bertz CT molecular complexity index is 1060. The van der Waals surface area contributed by atoms with Gasteiger partial charge in [0.25, 0.3) is 0 Å². The topological polar surface area (TPSA) is 65.5 Å². The molecule has 2 aromatic carbocycles. The van der Waals surface area contributed by atoms with Gasteiger partial charge < -0.3 is 10.2 Å². The Hall–Kier alpha value is -2.93. The molecule has 178 valence electrons. The highest BCUT2D eigenvalue weighted by Gasteiger charge is 2.21. The van der Waals surface area contributed by atoms with Crippen LogP contribution in [-0.2, 0) is 29.1 Å². The van der Waals surface area contributed by atoms with Gasteiger partial charge in [0.15, 0.2) is 0 Å². The number of rotatable bonds is 7. The second kappa shape index (κ2) is 13.7. The first-order valence-corrected chi connectivity index (χ1v) is 11.8. The SMILES string of the molecule is O=C(Cc1ccncc1)N1CCN(Cc2cccc(Cl)c2)CC1.O=CNCc1cccc(Cl)c1. The molecular weight excluding hydrogens is 471 g/mol. The standard InChI is InChI=1S/C18H20ClN3O.C8H8ClNO/c19-17-3-1-2-16(12-17)14-21-8-10-22(11-9-21)18(23)13-15-4-6-20-7-5-15;9-8-3-1-2-7(4-8)5-10-6-11/h1-7,12H,8-11,13-14H2;1-4,6H,5H2,(H,10,11). The van der Waals surface area contributed by atoms with Gasteiger partial charge in [-0.15, -0.1) is 0 Å². The third-order valence-corrected chi connectivity index (χ3v) is 5.87. The van der Waals surface area contributed by atoms with Crippen molar-refractivity contribution >= 4 is 35.5 Å². The van der Waals surface area contributed by atoms with Crippen molar-refractivity contribution in [3.05, 3.63) is 99.8 Å². The summed E-state index contributed by atoms with van der Waals surface area (Å²) in [6.07, 6.45) is 4.58. The van der Waals surface area contributed by atoms with Gasteiger partial charge in [-0.3, -0.25) is 19.5 Å². The van der Waals surface area contributed by atoms with Crippen LogP contribution in [-0.4, -0.2) is 53.3 Å². The van der Waals surface area contributed by atoms with Crippen LogP contribution in [0.4, 0.5) is 0 Å². The molecule has 1 aromatic heterocycles. The zero-order chi connectivity index (χ0) is 24.2. The summed E-state index contributed by atoms with van der Waals surface area (Å²) in [6, 6.07) is 19.1. The maximum atomic E-state index is 12.3. The van der Waals surface area contributed by atoms with Crippen LogP contribution < -0.4 is 5.32 Å². The number of carbonyl (C=O) groups is 2. The van der Waals surface area contributed by atoms with E-state index in [0.717, 1.165) is 48.9 Å². The minimum Gasteiger partial charge on any atom is -0.355 e. The van der Waals surface area contributed by atoms with Gasteiger partial charge in [-0.1, -0.05) is 47.5 Å². The van der Waals surface area contributed by atoms with Gasteiger partial charge in [-0.2, -0.15) is 0 Å². The van der Waals surface area contributed by atoms with Crippen molar-refractivity contribution < 1.29 is 9.59 Å². The molecule has 1 saturated heterocycles. The molecule has 1 fully saturated rings. The number of hydrogen-bond acceptors (Lipinski definition) is 4. The maximum Gasteiger partial charge on any atom is 0.227 e. The van der Waals surface area contributed by atoms with E-state index in [1.54, 1.807) is 18.5 Å². The fraction of sp³-hybridized carbons (Fsp3) is 0.269. The molecule has 2 amide bonds. The first kappa shape index (κ1) is 25.7. The van der Waals surface area contributed by atoms with Crippen LogP contribution in [0.2, 0.25) is 10.0 Å². The molecule has 3 aromatic rings. The minimum absolute atomic E-state index is 0.193. The fourth-order valence-corrected chi connectivity index (χ4v) is 4.07. The first-order chi connectivity index (χ1) is 16.5. The van der Waals surface area contributed by atoms with Crippen LogP contribution in [0, 0.1) is 0 Å². The highest BCUT2D eigenvalue weighted by molar-refractivity contribution is 6.30. The number of amides is 2. The van der Waals surface area contributed by atoms with Gasteiger partial charge in [0, 0.05) is 61.7 Å². The Balaban J connectivity index is 0.000000248. The molecule has 4 rings (SSSR count). The molecule has 0 atom stereocenters. The smallest absolute Gasteiger partial charge is 0.227 e. The van der Waals surface area contributed by atoms with Crippen LogP contribution in [0.15, 0.2) is 73.1 Å². The molecule has 0 radical (unpaired) electrons. The number of benzene rings is 2.